The van der Waals surface area contributed by atoms with Crippen molar-refractivity contribution in [3.63, 3.8) is 0 Å². The molecule has 0 radical (unpaired) electrons. The first-order valence-corrected chi connectivity index (χ1v) is 8.27. The lowest BCUT2D eigenvalue weighted by atomic mass is 9.68. The monoisotopic (exact) mass is 266 g/mol. The zero-order valence-corrected chi connectivity index (χ0v) is 12.5. The summed E-state index contributed by atoms with van der Waals surface area (Å²) in [4.78, 5) is 2.62. The van der Waals surface area contributed by atoms with Gasteiger partial charge < -0.3 is 15.0 Å². The van der Waals surface area contributed by atoms with Crippen LogP contribution in [-0.4, -0.2) is 49.8 Å². The summed E-state index contributed by atoms with van der Waals surface area (Å²) in [5.41, 5.74) is 0.861. The van der Waals surface area contributed by atoms with Gasteiger partial charge in [-0.2, -0.15) is 0 Å². The van der Waals surface area contributed by atoms with E-state index >= 15 is 0 Å². The van der Waals surface area contributed by atoms with Crippen LogP contribution in [0.15, 0.2) is 0 Å². The zero-order chi connectivity index (χ0) is 13.2. The maximum absolute atomic E-state index is 6.00. The smallest absolute Gasteiger partial charge is 0.0902 e. The molecule has 19 heavy (non-hydrogen) atoms. The highest BCUT2D eigenvalue weighted by Gasteiger charge is 2.36. The molecule has 2 aliphatic heterocycles. The van der Waals surface area contributed by atoms with Crippen molar-refractivity contribution in [3.8, 4) is 0 Å². The highest BCUT2D eigenvalue weighted by molar-refractivity contribution is 4.91. The first-order chi connectivity index (χ1) is 9.20. The predicted octanol–water partition coefficient (Wildman–Crippen LogP) is 2.41. The molecule has 0 unspecified atom stereocenters. The van der Waals surface area contributed by atoms with Crippen LogP contribution in [-0.2, 0) is 4.74 Å². The summed E-state index contributed by atoms with van der Waals surface area (Å²) in [6, 6.07) is 0. The second kappa shape index (κ2) is 5.71. The molecule has 0 aromatic heterocycles. The van der Waals surface area contributed by atoms with Crippen molar-refractivity contribution in [2.24, 2.45) is 5.41 Å². The van der Waals surface area contributed by atoms with E-state index in [0.717, 1.165) is 31.7 Å². The molecule has 110 valence electrons. The van der Waals surface area contributed by atoms with Crippen LogP contribution in [0.25, 0.3) is 0 Å². The minimum absolute atomic E-state index is 0.125. The summed E-state index contributed by atoms with van der Waals surface area (Å²) < 4.78 is 6.00. The van der Waals surface area contributed by atoms with Gasteiger partial charge in [0, 0.05) is 19.6 Å². The van der Waals surface area contributed by atoms with Crippen molar-refractivity contribution in [1.82, 2.24) is 10.2 Å². The van der Waals surface area contributed by atoms with E-state index in [9.17, 15) is 0 Å². The Hall–Kier alpha value is -0.120. The van der Waals surface area contributed by atoms with Crippen molar-refractivity contribution in [3.05, 3.63) is 0 Å². The second-order valence-corrected chi connectivity index (χ2v) is 7.30. The van der Waals surface area contributed by atoms with E-state index in [4.69, 9.17) is 4.74 Å². The van der Waals surface area contributed by atoms with E-state index in [-0.39, 0.29) is 5.60 Å². The normalized spacial score (nSPS) is 30.2. The summed E-state index contributed by atoms with van der Waals surface area (Å²) in [7, 11) is 0. The van der Waals surface area contributed by atoms with Gasteiger partial charge >= 0.3 is 0 Å². The van der Waals surface area contributed by atoms with Crippen LogP contribution in [0, 0.1) is 5.41 Å². The molecule has 0 atom stereocenters. The summed E-state index contributed by atoms with van der Waals surface area (Å²) in [6.45, 7) is 8.91. The average molecular weight is 266 g/mol. The SMILES string of the molecule is CC1(OCCN2CCC3(CCCCC3)CC2)CNC1. The quantitative estimate of drug-likeness (QED) is 0.846. The number of nitrogens with zero attached hydrogens (tertiary/aromatic N) is 1. The molecule has 3 aliphatic rings. The van der Waals surface area contributed by atoms with Gasteiger partial charge in [0.05, 0.1) is 12.2 Å². The molecule has 3 heteroatoms. The second-order valence-electron chi connectivity index (χ2n) is 7.30. The van der Waals surface area contributed by atoms with E-state index in [1.807, 2.05) is 0 Å². The van der Waals surface area contributed by atoms with Crippen molar-refractivity contribution >= 4 is 0 Å². The van der Waals surface area contributed by atoms with Crippen molar-refractivity contribution in [1.29, 1.82) is 0 Å². The number of likely N-dealkylation sites (tertiary alicyclic amines) is 1. The van der Waals surface area contributed by atoms with Crippen LogP contribution in [0.5, 0.6) is 0 Å². The number of rotatable bonds is 4. The molecule has 1 aliphatic carbocycles. The third kappa shape index (κ3) is 3.32. The zero-order valence-electron chi connectivity index (χ0n) is 12.5. The summed E-state index contributed by atoms with van der Waals surface area (Å²) >= 11 is 0. The maximum atomic E-state index is 6.00. The molecule has 0 aromatic rings. The molecule has 2 saturated heterocycles. The molecule has 2 heterocycles. The third-order valence-electron chi connectivity index (χ3n) is 5.69. The lowest BCUT2D eigenvalue weighted by Crippen LogP contribution is -2.59. The summed E-state index contributed by atoms with van der Waals surface area (Å²) in [5, 5.41) is 3.29. The maximum Gasteiger partial charge on any atom is 0.0902 e. The Bertz CT molecular complexity index is 285. The number of piperidine rings is 1. The fourth-order valence-electron chi connectivity index (χ4n) is 4.05. The molecule has 3 fully saturated rings. The fraction of sp³-hybridized carbons (Fsp3) is 1.00. The molecule has 3 nitrogen and oxygen atoms in total. The van der Waals surface area contributed by atoms with E-state index in [0.29, 0.717) is 0 Å². The Morgan fingerprint density at radius 1 is 1.00 bits per heavy atom. The first kappa shape index (κ1) is 13.8. The molecule has 0 bridgehead atoms. The Labute approximate surface area is 118 Å². The van der Waals surface area contributed by atoms with Gasteiger partial charge in [-0.15, -0.1) is 0 Å². The molecule has 0 amide bonds. The first-order valence-electron chi connectivity index (χ1n) is 8.27. The Morgan fingerprint density at radius 3 is 2.26 bits per heavy atom. The average Bonchev–Trinajstić information content (AvgIpc) is 2.40. The minimum atomic E-state index is 0.125. The van der Waals surface area contributed by atoms with Crippen LogP contribution in [0.3, 0.4) is 0 Å². The minimum Gasteiger partial charge on any atom is -0.371 e. The lowest BCUT2D eigenvalue weighted by molar-refractivity contribution is -0.0755. The predicted molar refractivity (Wildman–Crippen MR) is 78.4 cm³/mol. The molecular weight excluding hydrogens is 236 g/mol. The lowest BCUT2D eigenvalue weighted by Gasteiger charge is -2.45. The van der Waals surface area contributed by atoms with Crippen molar-refractivity contribution in [2.45, 2.75) is 57.5 Å². The van der Waals surface area contributed by atoms with Gasteiger partial charge in [-0.05, 0) is 51.1 Å². The van der Waals surface area contributed by atoms with E-state index in [1.165, 1.54) is 58.0 Å². The Kier molecular flexibility index (Phi) is 4.16. The van der Waals surface area contributed by atoms with Crippen LogP contribution in [0.2, 0.25) is 0 Å². The van der Waals surface area contributed by atoms with Gasteiger partial charge in [0.2, 0.25) is 0 Å². The summed E-state index contributed by atoms with van der Waals surface area (Å²) in [5.74, 6) is 0. The van der Waals surface area contributed by atoms with E-state index in [2.05, 4.69) is 17.1 Å². The highest BCUT2D eigenvalue weighted by Crippen LogP contribution is 2.44. The Balaban J connectivity index is 1.36. The number of hydrogen-bond donors (Lipinski definition) is 1. The van der Waals surface area contributed by atoms with Crippen LogP contribution in [0.1, 0.15) is 51.9 Å². The molecule has 1 spiro atoms. The molecule has 0 aromatic carbocycles. The molecule has 1 N–H and O–H groups in total. The van der Waals surface area contributed by atoms with Crippen molar-refractivity contribution in [2.75, 3.05) is 39.3 Å². The fourth-order valence-corrected chi connectivity index (χ4v) is 4.05. The van der Waals surface area contributed by atoms with Gasteiger partial charge in [0.25, 0.3) is 0 Å². The number of nitrogens with one attached hydrogen (secondary N) is 1. The van der Waals surface area contributed by atoms with Gasteiger partial charge in [-0.1, -0.05) is 19.3 Å². The van der Waals surface area contributed by atoms with E-state index < -0.39 is 0 Å². The third-order valence-corrected chi connectivity index (χ3v) is 5.69. The topological polar surface area (TPSA) is 24.5 Å². The van der Waals surface area contributed by atoms with Gasteiger partial charge in [-0.25, -0.2) is 0 Å². The van der Waals surface area contributed by atoms with Crippen molar-refractivity contribution < 1.29 is 4.74 Å². The van der Waals surface area contributed by atoms with Crippen LogP contribution in [0.4, 0.5) is 0 Å². The summed E-state index contributed by atoms with van der Waals surface area (Å²) in [6.07, 6.45) is 10.3. The van der Waals surface area contributed by atoms with Gasteiger partial charge in [0.1, 0.15) is 0 Å². The molecule has 3 rings (SSSR count). The molecular formula is C16H30N2O. The standard InChI is InChI=1S/C16H30N2O/c1-15(13-17-14-15)19-12-11-18-9-7-16(8-10-18)5-3-2-4-6-16/h17H,2-14H2,1H3. The van der Waals surface area contributed by atoms with Crippen LogP contribution < -0.4 is 5.32 Å². The van der Waals surface area contributed by atoms with E-state index in [1.54, 1.807) is 0 Å². The molecule has 1 saturated carbocycles. The largest absolute Gasteiger partial charge is 0.371 e. The van der Waals surface area contributed by atoms with Gasteiger partial charge in [-0.3, -0.25) is 0 Å². The van der Waals surface area contributed by atoms with Gasteiger partial charge in [0.15, 0.2) is 0 Å². The number of ether oxygens (including phenoxy) is 1. The van der Waals surface area contributed by atoms with Crippen LogP contribution >= 0.6 is 0 Å². The Morgan fingerprint density at radius 2 is 1.68 bits per heavy atom. The highest BCUT2D eigenvalue weighted by atomic mass is 16.5. The number of hydrogen-bond acceptors (Lipinski definition) is 3.